The van der Waals surface area contributed by atoms with Crippen molar-refractivity contribution in [2.24, 2.45) is 10.9 Å². The number of benzene rings is 1. The van der Waals surface area contributed by atoms with E-state index in [1.165, 1.54) is 0 Å². The molecule has 1 aliphatic heterocycles. The lowest BCUT2D eigenvalue weighted by atomic mass is 9.97. The van der Waals surface area contributed by atoms with Crippen LogP contribution in [-0.2, 0) is 9.53 Å². The van der Waals surface area contributed by atoms with E-state index < -0.39 is 0 Å². The van der Waals surface area contributed by atoms with Gasteiger partial charge in [0.25, 0.3) is 0 Å². The Kier molecular flexibility index (Phi) is 8.25. The van der Waals surface area contributed by atoms with Gasteiger partial charge in [-0.25, -0.2) is 4.99 Å². The second-order valence-electron chi connectivity index (χ2n) is 6.45. The first-order chi connectivity index (χ1) is 12.6. The van der Waals surface area contributed by atoms with E-state index in [0.717, 1.165) is 44.2 Å². The molecule has 1 heterocycles. The van der Waals surface area contributed by atoms with Crippen LogP contribution >= 0.6 is 0 Å². The van der Waals surface area contributed by atoms with Crippen LogP contribution in [0.25, 0.3) is 0 Å². The lowest BCUT2D eigenvalue weighted by molar-refractivity contribution is -0.149. The molecule has 0 radical (unpaired) electrons. The number of hydrogen-bond donors (Lipinski definition) is 1. The zero-order chi connectivity index (χ0) is 18.8. The average Bonchev–Trinajstić information content (AvgIpc) is 2.66. The summed E-state index contributed by atoms with van der Waals surface area (Å²) in [6, 6.07) is 9.79. The summed E-state index contributed by atoms with van der Waals surface area (Å²) in [5.41, 5.74) is 0. The molecule has 1 aliphatic rings. The van der Waals surface area contributed by atoms with E-state index in [1.54, 1.807) is 0 Å². The Morgan fingerprint density at radius 2 is 1.96 bits per heavy atom. The number of esters is 1. The third-order valence-electron chi connectivity index (χ3n) is 4.33. The number of hydrogen-bond acceptors (Lipinski definition) is 4. The highest BCUT2D eigenvalue weighted by Crippen LogP contribution is 2.19. The molecule has 1 aromatic carbocycles. The molecule has 1 aromatic rings. The van der Waals surface area contributed by atoms with Gasteiger partial charge < -0.3 is 19.7 Å². The highest BCUT2D eigenvalue weighted by atomic mass is 16.5. The highest BCUT2D eigenvalue weighted by molar-refractivity contribution is 5.80. The topological polar surface area (TPSA) is 63.2 Å². The van der Waals surface area contributed by atoms with Gasteiger partial charge in [-0.1, -0.05) is 18.2 Å². The summed E-state index contributed by atoms with van der Waals surface area (Å²) in [7, 11) is 0. The molecule has 0 bridgehead atoms. The number of nitrogens with zero attached hydrogens (tertiary/aromatic N) is 2. The Hall–Kier alpha value is -2.24. The Morgan fingerprint density at radius 1 is 1.27 bits per heavy atom. The van der Waals surface area contributed by atoms with Gasteiger partial charge in [-0.05, 0) is 45.7 Å². The van der Waals surface area contributed by atoms with Gasteiger partial charge in [0, 0.05) is 19.6 Å². The minimum Gasteiger partial charge on any atom is -0.489 e. The molecule has 144 valence electrons. The minimum absolute atomic E-state index is 0.00872. The maximum absolute atomic E-state index is 11.9. The molecular weight excluding hydrogens is 330 g/mol. The molecule has 0 aliphatic carbocycles. The summed E-state index contributed by atoms with van der Waals surface area (Å²) in [4.78, 5) is 18.8. The van der Waals surface area contributed by atoms with Gasteiger partial charge in [0.2, 0.25) is 0 Å². The maximum Gasteiger partial charge on any atom is 0.309 e. The SMILES string of the molecule is CCNC(=NCC(C)Oc1ccccc1)N1CCC(C(=O)OCC)CC1. The molecule has 1 N–H and O–H groups in total. The van der Waals surface area contributed by atoms with Crippen LogP contribution in [-0.4, -0.2) is 55.7 Å². The minimum atomic E-state index is -0.0704. The van der Waals surface area contributed by atoms with Crippen LogP contribution in [0.15, 0.2) is 35.3 Å². The van der Waals surface area contributed by atoms with Gasteiger partial charge in [-0.15, -0.1) is 0 Å². The van der Waals surface area contributed by atoms with Crippen LogP contribution in [0, 0.1) is 5.92 Å². The molecule has 1 unspecified atom stereocenters. The molecule has 1 fully saturated rings. The number of carbonyl (C=O) groups excluding carboxylic acids is 1. The van der Waals surface area contributed by atoms with E-state index in [4.69, 9.17) is 14.5 Å². The van der Waals surface area contributed by atoms with E-state index in [1.807, 2.05) is 44.2 Å². The molecule has 0 amide bonds. The Balaban J connectivity index is 1.87. The molecule has 2 rings (SSSR count). The number of guanidine groups is 1. The molecule has 0 spiro atoms. The fraction of sp³-hybridized carbons (Fsp3) is 0.600. The van der Waals surface area contributed by atoms with Crippen molar-refractivity contribution in [2.45, 2.75) is 39.7 Å². The van der Waals surface area contributed by atoms with Crippen LogP contribution in [0.2, 0.25) is 0 Å². The summed E-state index contributed by atoms with van der Waals surface area (Å²) in [6.07, 6.45) is 1.60. The van der Waals surface area contributed by atoms with Gasteiger partial charge >= 0.3 is 5.97 Å². The predicted octanol–water partition coefficient (Wildman–Crippen LogP) is 2.69. The van der Waals surface area contributed by atoms with Crippen LogP contribution < -0.4 is 10.1 Å². The van der Waals surface area contributed by atoms with Crippen LogP contribution in [0.5, 0.6) is 5.75 Å². The molecule has 1 saturated heterocycles. The van der Waals surface area contributed by atoms with E-state index in [-0.39, 0.29) is 18.0 Å². The van der Waals surface area contributed by atoms with E-state index in [0.29, 0.717) is 13.2 Å². The monoisotopic (exact) mass is 361 g/mol. The van der Waals surface area contributed by atoms with Crippen molar-refractivity contribution in [3.8, 4) is 5.75 Å². The van der Waals surface area contributed by atoms with Crippen molar-refractivity contribution in [3.63, 3.8) is 0 Å². The first-order valence-electron chi connectivity index (χ1n) is 9.55. The number of nitrogens with one attached hydrogen (secondary N) is 1. The number of rotatable bonds is 7. The van der Waals surface area contributed by atoms with Crippen molar-refractivity contribution < 1.29 is 14.3 Å². The third kappa shape index (κ3) is 6.24. The summed E-state index contributed by atoms with van der Waals surface area (Å²) in [6.45, 7) is 9.38. The molecule has 6 nitrogen and oxygen atoms in total. The molecule has 0 aromatic heterocycles. The molecular formula is C20H31N3O3. The second kappa shape index (κ2) is 10.7. The van der Waals surface area contributed by atoms with E-state index in [2.05, 4.69) is 17.1 Å². The standard InChI is InChI=1S/C20H31N3O3/c1-4-21-20(22-15-16(3)26-18-9-7-6-8-10-18)23-13-11-17(12-14-23)19(24)25-5-2/h6-10,16-17H,4-5,11-15H2,1-3H3,(H,21,22). The van der Waals surface area contributed by atoms with Crippen molar-refractivity contribution in [1.82, 2.24) is 10.2 Å². The van der Waals surface area contributed by atoms with Gasteiger partial charge in [-0.2, -0.15) is 0 Å². The number of likely N-dealkylation sites (tertiary alicyclic amines) is 1. The third-order valence-corrected chi connectivity index (χ3v) is 4.33. The fourth-order valence-electron chi connectivity index (χ4n) is 3.00. The number of aliphatic imine (C=N–C) groups is 1. The molecule has 6 heteroatoms. The number of piperidine rings is 1. The lowest BCUT2D eigenvalue weighted by Gasteiger charge is -2.33. The Labute approximate surface area is 156 Å². The number of carbonyl (C=O) groups is 1. The maximum atomic E-state index is 11.9. The number of para-hydroxylation sites is 1. The predicted molar refractivity (Wildman–Crippen MR) is 103 cm³/mol. The number of ether oxygens (including phenoxy) is 2. The second-order valence-corrected chi connectivity index (χ2v) is 6.45. The Morgan fingerprint density at radius 3 is 2.58 bits per heavy atom. The summed E-state index contributed by atoms with van der Waals surface area (Å²) < 4.78 is 11.0. The molecule has 1 atom stereocenters. The van der Waals surface area contributed by atoms with Gasteiger partial charge in [-0.3, -0.25) is 4.79 Å². The molecule has 26 heavy (non-hydrogen) atoms. The summed E-state index contributed by atoms with van der Waals surface area (Å²) in [5.74, 6) is 1.68. The van der Waals surface area contributed by atoms with Crippen LogP contribution in [0.4, 0.5) is 0 Å². The first kappa shape index (κ1) is 20.1. The van der Waals surface area contributed by atoms with Crippen LogP contribution in [0.1, 0.15) is 33.6 Å². The average molecular weight is 361 g/mol. The van der Waals surface area contributed by atoms with Gasteiger partial charge in [0.05, 0.1) is 19.1 Å². The van der Waals surface area contributed by atoms with E-state index in [9.17, 15) is 4.79 Å². The normalized spacial score (nSPS) is 16.9. The van der Waals surface area contributed by atoms with Crippen molar-refractivity contribution in [1.29, 1.82) is 0 Å². The van der Waals surface area contributed by atoms with Crippen molar-refractivity contribution in [3.05, 3.63) is 30.3 Å². The smallest absolute Gasteiger partial charge is 0.309 e. The fourth-order valence-corrected chi connectivity index (χ4v) is 3.00. The molecule has 0 saturated carbocycles. The van der Waals surface area contributed by atoms with Gasteiger partial charge in [0.1, 0.15) is 11.9 Å². The van der Waals surface area contributed by atoms with Crippen molar-refractivity contribution >= 4 is 11.9 Å². The first-order valence-corrected chi connectivity index (χ1v) is 9.55. The lowest BCUT2D eigenvalue weighted by Crippen LogP contribution is -2.47. The zero-order valence-electron chi connectivity index (χ0n) is 16.1. The quantitative estimate of drug-likeness (QED) is 0.460. The summed E-state index contributed by atoms with van der Waals surface area (Å²) in [5, 5.41) is 3.34. The highest BCUT2D eigenvalue weighted by Gasteiger charge is 2.27. The zero-order valence-corrected chi connectivity index (χ0v) is 16.1. The van der Waals surface area contributed by atoms with E-state index >= 15 is 0 Å². The van der Waals surface area contributed by atoms with Crippen LogP contribution in [0.3, 0.4) is 0 Å². The van der Waals surface area contributed by atoms with Crippen molar-refractivity contribution in [2.75, 3.05) is 32.8 Å². The largest absolute Gasteiger partial charge is 0.489 e. The van der Waals surface area contributed by atoms with Gasteiger partial charge in [0.15, 0.2) is 5.96 Å². The summed E-state index contributed by atoms with van der Waals surface area (Å²) >= 11 is 0. The Bertz CT molecular complexity index is 569.